The second-order valence-corrected chi connectivity index (χ2v) is 8.83. The molecular weight excluding hydrogens is 368 g/mol. The van der Waals surface area contributed by atoms with E-state index in [4.69, 9.17) is 9.40 Å². The first-order chi connectivity index (χ1) is 14.5. The average molecular weight is 391 g/mol. The van der Waals surface area contributed by atoms with E-state index < -0.39 is 0 Å². The van der Waals surface area contributed by atoms with Gasteiger partial charge >= 0.3 is 0 Å². The van der Waals surface area contributed by atoms with E-state index in [2.05, 4.69) is 87.1 Å². The highest BCUT2D eigenvalue weighted by atomic mass is 16.3. The van der Waals surface area contributed by atoms with Crippen molar-refractivity contribution in [3.8, 4) is 22.4 Å². The number of furan rings is 1. The SMILES string of the molecule is Cc1ccc2c(oc3c4c(ncc32)C(C)(C)c2ccccc2-4)c1-c1cccc[n+]1C. The molecule has 2 aromatic carbocycles. The zero-order valence-corrected chi connectivity index (χ0v) is 17.7. The lowest BCUT2D eigenvalue weighted by Gasteiger charge is -2.19. The van der Waals surface area contributed by atoms with Gasteiger partial charge in [-0.3, -0.25) is 4.98 Å². The van der Waals surface area contributed by atoms with Crippen LogP contribution in [0.15, 0.2) is 71.4 Å². The van der Waals surface area contributed by atoms with E-state index in [-0.39, 0.29) is 5.41 Å². The molecule has 0 radical (unpaired) electrons. The van der Waals surface area contributed by atoms with E-state index in [1.165, 1.54) is 16.7 Å². The van der Waals surface area contributed by atoms with Crippen LogP contribution in [0.25, 0.3) is 44.3 Å². The van der Waals surface area contributed by atoms with Crippen LogP contribution in [0.4, 0.5) is 0 Å². The van der Waals surface area contributed by atoms with Gasteiger partial charge in [0.25, 0.3) is 0 Å². The van der Waals surface area contributed by atoms with E-state index in [9.17, 15) is 0 Å². The Bertz CT molecular complexity index is 1490. The summed E-state index contributed by atoms with van der Waals surface area (Å²) >= 11 is 0. The Kier molecular flexibility index (Phi) is 3.36. The number of aryl methyl sites for hydroxylation is 2. The summed E-state index contributed by atoms with van der Waals surface area (Å²) in [6, 6.07) is 19.3. The van der Waals surface area contributed by atoms with Gasteiger partial charge in [-0.2, -0.15) is 0 Å². The number of hydrogen-bond acceptors (Lipinski definition) is 2. The van der Waals surface area contributed by atoms with Crippen molar-refractivity contribution in [2.45, 2.75) is 26.2 Å². The topological polar surface area (TPSA) is 29.9 Å². The zero-order valence-electron chi connectivity index (χ0n) is 17.7. The van der Waals surface area contributed by atoms with Gasteiger partial charge in [0, 0.05) is 40.1 Å². The standard InChI is InChI=1S/C27H23N2O/c1-16-12-13-17-19-15-28-26-23(18-9-5-6-10-20(18)27(26,2)3)25(19)30-24(17)22(16)21-11-7-8-14-29(21)4/h5-15H,1-4H3/q+1. The molecule has 3 nitrogen and oxygen atoms in total. The Morgan fingerprint density at radius 2 is 1.63 bits per heavy atom. The number of aromatic nitrogens is 2. The fourth-order valence-electron chi connectivity index (χ4n) is 5.09. The van der Waals surface area contributed by atoms with E-state index in [0.717, 1.165) is 44.5 Å². The molecule has 0 bridgehead atoms. The molecule has 0 spiro atoms. The number of rotatable bonds is 1. The molecule has 0 N–H and O–H groups in total. The molecule has 0 atom stereocenters. The van der Waals surface area contributed by atoms with Gasteiger partial charge in [-0.05, 0) is 29.7 Å². The fraction of sp³-hybridized carbons (Fsp3) is 0.185. The van der Waals surface area contributed by atoms with E-state index >= 15 is 0 Å². The molecule has 0 saturated heterocycles. The molecule has 6 rings (SSSR count). The van der Waals surface area contributed by atoms with Gasteiger partial charge in [0.2, 0.25) is 5.69 Å². The molecule has 146 valence electrons. The minimum atomic E-state index is -0.135. The van der Waals surface area contributed by atoms with Crippen molar-refractivity contribution in [1.82, 2.24) is 4.98 Å². The monoisotopic (exact) mass is 391 g/mol. The number of benzene rings is 2. The van der Waals surface area contributed by atoms with Gasteiger partial charge in [0.1, 0.15) is 18.2 Å². The molecule has 1 aliphatic carbocycles. The Balaban J connectivity index is 1.77. The van der Waals surface area contributed by atoms with Gasteiger partial charge in [0.05, 0.1) is 11.3 Å². The summed E-state index contributed by atoms with van der Waals surface area (Å²) < 4.78 is 8.86. The molecule has 0 saturated carbocycles. The third kappa shape index (κ3) is 2.10. The highest BCUT2D eigenvalue weighted by molar-refractivity contribution is 6.14. The van der Waals surface area contributed by atoms with Crippen molar-refractivity contribution in [3.63, 3.8) is 0 Å². The lowest BCUT2D eigenvalue weighted by atomic mass is 9.85. The third-order valence-electron chi connectivity index (χ3n) is 6.66. The second kappa shape index (κ2) is 5.79. The summed E-state index contributed by atoms with van der Waals surface area (Å²) in [5, 5.41) is 2.20. The molecule has 0 aliphatic heterocycles. The van der Waals surface area contributed by atoms with Crippen molar-refractivity contribution in [1.29, 1.82) is 0 Å². The highest BCUT2D eigenvalue weighted by Crippen LogP contribution is 2.51. The minimum absolute atomic E-state index is 0.135. The van der Waals surface area contributed by atoms with E-state index in [1.807, 2.05) is 12.3 Å². The summed E-state index contributed by atoms with van der Waals surface area (Å²) in [4.78, 5) is 4.95. The summed E-state index contributed by atoms with van der Waals surface area (Å²) in [7, 11) is 2.08. The zero-order chi connectivity index (χ0) is 20.6. The van der Waals surface area contributed by atoms with Crippen LogP contribution in [0.2, 0.25) is 0 Å². The lowest BCUT2D eigenvalue weighted by Crippen LogP contribution is -2.30. The number of fused-ring (bicyclic) bond motifs is 7. The molecule has 1 aliphatic rings. The van der Waals surface area contributed by atoms with Crippen LogP contribution in [0, 0.1) is 6.92 Å². The molecule has 5 aromatic rings. The molecule has 0 unspecified atom stereocenters. The lowest BCUT2D eigenvalue weighted by molar-refractivity contribution is -0.660. The van der Waals surface area contributed by atoms with Crippen LogP contribution >= 0.6 is 0 Å². The molecular formula is C27H23N2O+. The maximum absolute atomic E-state index is 6.71. The third-order valence-corrected chi connectivity index (χ3v) is 6.66. The summed E-state index contributed by atoms with van der Waals surface area (Å²) in [5.41, 5.74) is 10.0. The van der Waals surface area contributed by atoms with Gasteiger partial charge in [-0.25, -0.2) is 4.57 Å². The molecule has 0 fully saturated rings. The predicted octanol–water partition coefficient (Wildman–Crippen LogP) is 6.09. The maximum atomic E-state index is 6.71. The molecule has 3 heteroatoms. The summed E-state index contributed by atoms with van der Waals surface area (Å²) in [6.45, 7) is 6.65. The van der Waals surface area contributed by atoms with Crippen molar-refractivity contribution in [2.75, 3.05) is 0 Å². The first kappa shape index (κ1) is 17.4. The number of pyridine rings is 2. The Labute approximate surface area is 175 Å². The smallest absolute Gasteiger partial charge is 0.216 e. The van der Waals surface area contributed by atoms with Crippen LogP contribution in [0.3, 0.4) is 0 Å². The second-order valence-electron chi connectivity index (χ2n) is 8.83. The molecule has 0 amide bonds. The van der Waals surface area contributed by atoms with E-state index in [0.29, 0.717) is 0 Å². The largest absolute Gasteiger partial charge is 0.454 e. The van der Waals surface area contributed by atoms with Gasteiger partial charge in [0.15, 0.2) is 6.20 Å². The van der Waals surface area contributed by atoms with Crippen LogP contribution in [-0.2, 0) is 12.5 Å². The highest BCUT2D eigenvalue weighted by Gasteiger charge is 2.39. The van der Waals surface area contributed by atoms with Gasteiger partial charge < -0.3 is 4.42 Å². The van der Waals surface area contributed by atoms with Crippen LogP contribution in [0.1, 0.15) is 30.7 Å². The number of nitrogens with zero attached hydrogens (tertiary/aromatic N) is 2. The fourth-order valence-corrected chi connectivity index (χ4v) is 5.09. The first-order valence-corrected chi connectivity index (χ1v) is 10.4. The maximum Gasteiger partial charge on any atom is 0.216 e. The van der Waals surface area contributed by atoms with Crippen molar-refractivity contribution >= 4 is 21.9 Å². The van der Waals surface area contributed by atoms with E-state index in [1.54, 1.807) is 0 Å². The minimum Gasteiger partial charge on any atom is -0.454 e. The van der Waals surface area contributed by atoms with Crippen LogP contribution in [-0.4, -0.2) is 4.98 Å². The van der Waals surface area contributed by atoms with Gasteiger partial charge in [-0.1, -0.05) is 50.2 Å². The van der Waals surface area contributed by atoms with Crippen molar-refractivity contribution < 1.29 is 8.98 Å². The Morgan fingerprint density at radius 1 is 0.867 bits per heavy atom. The first-order valence-electron chi connectivity index (χ1n) is 10.4. The van der Waals surface area contributed by atoms with Crippen molar-refractivity contribution in [2.24, 2.45) is 7.05 Å². The number of hydrogen-bond donors (Lipinski definition) is 0. The van der Waals surface area contributed by atoms with Crippen LogP contribution < -0.4 is 4.57 Å². The predicted molar refractivity (Wildman–Crippen MR) is 120 cm³/mol. The molecule has 3 aromatic heterocycles. The quantitative estimate of drug-likeness (QED) is 0.324. The Hall–Kier alpha value is -3.46. The molecule has 3 heterocycles. The van der Waals surface area contributed by atoms with Crippen molar-refractivity contribution in [3.05, 3.63) is 83.8 Å². The molecule has 30 heavy (non-hydrogen) atoms. The summed E-state index contributed by atoms with van der Waals surface area (Å²) in [6.07, 6.45) is 4.08. The Morgan fingerprint density at radius 3 is 2.47 bits per heavy atom. The summed E-state index contributed by atoms with van der Waals surface area (Å²) in [5.74, 6) is 0. The van der Waals surface area contributed by atoms with Gasteiger partial charge in [-0.15, -0.1) is 0 Å². The normalized spacial score (nSPS) is 14.3. The average Bonchev–Trinajstić information content (AvgIpc) is 3.22. The van der Waals surface area contributed by atoms with Crippen LogP contribution in [0.5, 0.6) is 0 Å².